The molecule has 0 unspecified atom stereocenters. The van der Waals surface area contributed by atoms with Crippen LogP contribution in [0.25, 0.3) is 10.9 Å². The van der Waals surface area contributed by atoms with Crippen molar-refractivity contribution in [3.63, 3.8) is 0 Å². The smallest absolute Gasteiger partial charge is 0.0457 e. The predicted molar refractivity (Wildman–Crippen MR) is 99.4 cm³/mol. The third-order valence-corrected chi connectivity index (χ3v) is 4.10. The zero-order chi connectivity index (χ0) is 13.9. The van der Waals surface area contributed by atoms with Crippen molar-refractivity contribution in [1.29, 1.82) is 0 Å². The molecule has 3 nitrogen and oxygen atoms in total. The maximum absolute atomic E-state index is 4.12. The second-order valence-electron chi connectivity index (χ2n) is 5.79. The molecule has 122 valence electrons. The second kappa shape index (κ2) is 8.59. The van der Waals surface area contributed by atoms with Gasteiger partial charge in [0.1, 0.15) is 0 Å². The Bertz CT molecular complexity index is 603. The number of hydrogen-bond acceptors (Lipinski definition) is 2. The van der Waals surface area contributed by atoms with Crippen LogP contribution in [0.1, 0.15) is 24.9 Å². The van der Waals surface area contributed by atoms with Crippen LogP contribution in [0.2, 0.25) is 0 Å². The van der Waals surface area contributed by atoms with Crippen LogP contribution < -0.4 is 5.32 Å². The van der Waals surface area contributed by atoms with Gasteiger partial charge in [-0.1, -0.05) is 17.7 Å². The Morgan fingerprint density at radius 2 is 1.95 bits per heavy atom. The van der Waals surface area contributed by atoms with Gasteiger partial charge in [-0.3, -0.25) is 4.90 Å². The summed E-state index contributed by atoms with van der Waals surface area (Å²) in [5.41, 5.74) is 3.87. The first-order valence-corrected chi connectivity index (χ1v) is 7.40. The summed E-state index contributed by atoms with van der Waals surface area (Å²) in [6.07, 6.45) is 3.04. The minimum atomic E-state index is 0. The number of hydrogen-bond donors (Lipinski definition) is 2. The summed E-state index contributed by atoms with van der Waals surface area (Å²) in [5.74, 6) is 0. The molecule has 0 amide bonds. The lowest BCUT2D eigenvalue weighted by molar-refractivity contribution is 0.172. The van der Waals surface area contributed by atoms with E-state index >= 15 is 0 Å². The van der Waals surface area contributed by atoms with Crippen LogP contribution in [0.5, 0.6) is 0 Å². The van der Waals surface area contributed by atoms with E-state index in [1.807, 2.05) is 6.20 Å². The van der Waals surface area contributed by atoms with Gasteiger partial charge in [-0.2, -0.15) is 0 Å². The fourth-order valence-corrected chi connectivity index (χ4v) is 3.05. The molecule has 1 atom stereocenters. The second-order valence-corrected chi connectivity index (χ2v) is 5.79. The first-order valence-electron chi connectivity index (χ1n) is 7.40. The highest BCUT2D eigenvalue weighted by atomic mass is 35.5. The Morgan fingerprint density at radius 3 is 2.64 bits per heavy atom. The van der Waals surface area contributed by atoms with Crippen molar-refractivity contribution in [2.75, 3.05) is 26.2 Å². The first-order chi connectivity index (χ1) is 9.74. The molecule has 0 radical (unpaired) electrons. The molecule has 0 spiro atoms. The number of rotatable bonds is 4. The molecule has 3 rings (SSSR count). The number of nitrogens with one attached hydrogen (secondary N) is 2. The number of fused-ring (bicyclic) bond motifs is 1. The van der Waals surface area contributed by atoms with Gasteiger partial charge in [0.2, 0.25) is 0 Å². The molecule has 1 aromatic heterocycles. The Hall–Kier alpha value is -1.00. The van der Waals surface area contributed by atoms with Gasteiger partial charge in [-0.05, 0) is 36.4 Å². The number of nitrogens with zero attached hydrogens (tertiary/aromatic N) is 1. The van der Waals surface area contributed by atoms with Crippen molar-refractivity contribution in [3.8, 4) is 0 Å². The molecule has 1 aliphatic rings. The Balaban J connectivity index is 0.00000121. The highest BCUT2D eigenvalue weighted by Gasteiger charge is 2.22. The third-order valence-electron chi connectivity index (χ3n) is 4.10. The van der Waals surface area contributed by atoms with Crippen molar-refractivity contribution in [1.82, 2.24) is 15.2 Å². The minimum Gasteiger partial charge on any atom is -0.361 e. The van der Waals surface area contributed by atoms with Gasteiger partial charge in [0, 0.05) is 43.9 Å². The lowest BCUT2D eigenvalue weighted by atomic mass is 9.97. The summed E-state index contributed by atoms with van der Waals surface area (Å²) >= 11 is 0. The summed E-state index contributed by atoms with van der Waals surface area (Å²) in [5, 5.41) is 4.71. The molecule has 5 heteroatoms. The van der Waals surface area contributed by atoms with Crippen molar-refractivity contribution in [2.24, 2.45) is 0 Å². The zero-order valence-electron chi connectivity index (χ0n) is 13.0. The van der Waals surface area contributed by atoms with E-state index in [9.17, 15) is 0 Å². The highest BCUT2D eigenvalue weighted by Crippen LogP contribution is 2.29. The van der Waals surface area contributed by atoms with Gasteiger partial charge in [-0.15, -0.1) is 31.4 Å². The van der Waals surface area contributed by atoms with Crippen molar-refractivity contribution >= 4 is 35.7 Å². The van der Waals surface area contributed by atoms with Crippen LogP contribution >= 0.6 is 24.8 Å². The summed E-state index contributed by atoms with van der Waals surface area (Å²) < 4.78 is 0. The predicted octanol–water partition coefficient (Wildman–Crippen LogP) is 3.92. The van der Waals surface area contributed by atoms with E-state index in [2.05, 4.69) is 53.0 Å². The molecule has 1 fully saturated rings. The molecule has 1 aliphatic heterocycles. The lowest BCUT2D eigenvalue weighted by Gasteiger charge is -2.35. The molecule has 2 aromatic rings. The zero-order valence-corrected chi connectivity index (χ0v) is 14.6. The van der Waals surface area contributed by atoms with E-state index < -0.39 is 0 Å². The van der Waals surface area contributed by atoms with Gasteiger partial charge >= 0.3 is 0 Å². The van der Waals surface area contributed by atoms with E-state index in [-0.39, 0.29) is 24.8 Å². The standard InChI is InChI=1S/C17H23N3.2ClH/c1-13(2)11-17(20-9-7-18-8-10-20)15-4-3-14-5-6-19-16(14)12-15;;/h3-6,12,17-19H,1,7-11H2,2H3;2*1H/t17-;;/m0../s1. The number of piperazine rings is 1. The van der Waals surface area contributed by atoms with Gasteiger partial charge < -0.3 is 10.3 Å². The van der Waals surface area contributed by atoms with Gasteiger partial charge in [0.15, 0.2) is 0 Å². The fourth-order valence-electron chi connectivity index (χ4n) is 3.05. The van der Waals surface area contributed by atoms with Gasteiger partial charge in [0.25, 0.3) is 0 Å². The summed E-state index contributed by atoms with van der Waals surface area (Å²) in [4.78, 5) is 5.90. The minimum absolute atomic E-state index is 0. The number of benzene rings is 1. The molecule has 1 aromatic carbocycles. The highest BCUT2D eigenvalue weighted by molar-refractivity contribution is 5.85. The monoisotopic (exact) mass is 341 g/mol. The number of halogens is 2. The topological polar surface area (TPSA) is 31.1 Å². The normalized spacial score (nSPS) is 16.6. The van der Waals surface area contributed by atoms with Gasteiger partial charge in [-0.25, -0.2) is 0 Å². The Morgan fingerprint density at radius 1 is 1.23 bits per heavy atom. The molecule has 0 saturated carbocycles. The molecular formula is C17H25Cl2N3. The summed E-state index contributed by atoms with van der Waals surface area (Å²) in [6, 6.07) is 9.35. The molecule has 22 heavy (non-hydrogen) atoms. The molecule has 0 aliphatic carbocycles. The van der Waals surface area contributed by atoms with E-state index in [0.717, 1.165) is 32.6 Å². The average molecular weight is 342 g/mol. The molecule has 0 bridgehead atoms. The SMILES string of the molecule is C=C(C)C[C@@H](c1ccc2cc[nH]c2c1)N1CCNCC1.Cl.Cl. The number of H-pyrrole nitrogens is 1. The van der Waals surface area contributed by atoms with Crippen LogP contribution in [0.3, 0.4) is 0 Å². The third kappa shape index (κ3) is 4.26. The lowest BCUT2D eigenvalue weighted by Crippen LogP contribution is -2.45. The molecule has 2 N–H and O–H groups in total. The van der Waals surface area contributed by atoms with Gasteiger partial charge in [0.05, 0.1) is 0 Å². The number of aromatic nitrogens is 1. The quantitative estimate of drug-likeness (QED) is 0.825. The maximum Gasteiger partial charge on any atom is 0.0457 e. The van der Waals surface area contributed by atoms with E-state index in [1.54, 1.807) is 0 Å². The van der Waals surface area contributed by atoms with Crippen LogP contribution in [-0.4, -0.2) is 36.1 Å². The van der Waals surface area contributed by atoms with E-state index in [0.29, 0.717) is 6.04 Å². The van der Waals surface area contributed by atoms with Crippen molar-refractivity contribution < 1.29 is 0 Å². The van der Waals surface area contributed by atoms with E-state index in [1.165, 1.54) is 22.0 Å². The average Bonchev–Trinajstić information content (AvgIpc) is 2.93. The Labute approximate surface area is 145 Å². The summed E-state index contributed by atoms with van der Waals surface area (Å²) in [6.45, 7) is 10.6. The largest absolute Gasteiger partial charge is 0.361 e. The Kier molecular flexibility index (Phi) is 7.43. The van der Waals surface area contributed by atoms with E-state index in [4.69, 9.17) is 0 Å². The molecule has 2 heterocycles. The van der Waals surface area contributed by atoms with Crippen molar-refractivity contribution in [3.05, 3.63) is 48.2 Å². The fraction of sp³-hybridized carbons (Fsp3) is 0.412. The summed E-state index contributed by atoms with van der Waals surface area (Å²) in [7, 11) is 0. The van der Waals surface area contributed by atoms with Crippen LogP contribution in [0.4, 0.5) is 0 Å². The maximum atomic E-state index is 4.12. The van der Waals surface area contributed by atoms with Crippen LogP contribution in [0.15, 0.2) is 42.6 Å². The van der Waals surface area contributed by atoms with Crippen LogP contribution in [-0.2, 0) is 0 Å². The first kappa shape index (κ1) is 19.0. The molecular weight excluding hydrogens is 317 g/mol. The van der Waals surface area contributed by atoms with Crippen LogP contribution in [0, 0.1) is 0 Å². The number of aromatic amines is 1. The van der Waals surface area contributed by atoms with Crippen molar-refractivity contribution in [2.45, 2.75) is 19.4 Å². The molecule has 1 saturated heterocycles.